The molecule has 1 atom stereocenters. The molecule has 3 heterocycles. The predicted octanol–water partition coefficient (Wildman–Crippen LogP) is 2.43. The Labute approximate surface area is 157 Å². The van der Waals surface area contributed by atoms with Crippen LogP contribution in [0.15, 0.2) is 48.9 Å². The minimum absolute atomic E-state index is 0.0571. The van der Waals surface area contributed by atoms with Crippen molar-refractivity contribution in [3.63, 3.8) is 0 Å². The molecule has 2 aromatic heterocycles. The van der Waals surface area contributed by atoms with E-state index >= 15 is 0 Å². The molecule has 0 bridgehead atoms. The van der Waals surface area contributed by atoms with Gasteiger partial charge < -0.3 is 15.0 Å². The molecule has 7 nitrogen and oxygen atoms in total. The number of nitrogens with one attached hydrogen (secondary N) is 1. The summed E-state index contributed by atoms with van der Waals surface area (Å²) in [5.41, 5.74) is 1.27. The standard InChI is InChI=1S/C20H21N5O2/c1-27-16-5-6-17-14(11-16)4-7-19(24-17)25-10-2-3-15(13-25)23-20(26)18-12-21-8-9-22-18/h4-9,11-12,15H,2-3,10,13H2,1H3,(H,23,26). The van der Waals surface area contributed by atoms with E-state index in [0.717, 1.165) is 48.4 Å². The highest BCUT2D eigenvalue weighted by atomic mass is 16.5. The molecule has 1 aromatic carbocycles. The summed E-state index contributed by atoms with van der Waals surface area (Å²) in [6.45, 7) is 1.65. The molecule has 1 saturated heterocycles. The van der Waals surface area contributed by atoms with Crippen LogP contribution in [0.5, 0.6) is 5.75 Å². The minimum atomic E-state index is -0.187. The van der Waals surface area contributed by atoms with E-state index < -0.39 is 0 Å². The van der Waals surface area contributed by atoms with Crippen molar-refractivity contribution in [2.24, 2.45) is 0 Å². The molecule has 0 saturated carbocycles. The molecule has 1 aliphatic rings. The van der Waals surface area contributed by atoms with E-state index in [-0.39, 0.29) is 11.9 Å². The van der Waals surface area contributed by atoms with Crippen molar-refractivity contribution in [3.05, 3.63) is 54.6 Å². The fraction of sp³-hybridized carbons (Fsp3) is 0.300. The summed E-state index contributed by atoms with van der Waals surface area (Å²) >= 11 is 0. The average molecular weight is 363 g/mol. The molecule has 3 aromatic rings. The van der Waals surface area contributed by atoms with Crippen LogP contribution in [0.1, 0.15) is 23.3 Å². The largest absolute Gasteiger partial charge is 0.497 e. The first-order valence-corrected chi connectivity index (χ1v) is 8.99. The van der Waals surface area contributed by atoms with Crippen molar-refractivity contribution in [2.45, 2.75) is 18.9 Å². The number of piperidine rings is 1. The Kier molecular flexibility index (Phi) is 4.82. The topological polar surface area (TPSA) is 80.2 Å². The first-order valence-electron chi connectivity index (χ1n) is 8.99. The Balaban J connectivity index is 1.47. The van der Waals surface area contributed by atoms with Gasteiger partial charge in [-0.3, -0.25) is 9.78 Å². The maximum atomic E-state index is 12.3. The molecular formula is C20H21N5O2. The van der Waals surface area contributed by atoms with Gasteiger partial charge in [-0.15, -0.1) is 0 Å². The highest BCUT2D eigenvalue weighted by molar-refractivity contribution is 5.92. The van der Waals surface area contributed by atoms with E-state index in [0.29, 0.717) is 5.69 Å². The number of hydrogen-bond donors (Lipinski definition) is 1. The van der Waals surface area contributed by atoms with Crippen LogP contribution in [0.2, 0.25) is 0 Å². The summed E-state index contributed by atoms with van der Waals surface area (Å²) < 4.78 is 5.27. The molecule has 1 N–H and O–H groups in total. The zero-order valence-corrected chi connectivity index (χ0v) is 15.1. The zero-order chi connectivity index (χ0) is 18.6. The van der Waals surface area contributed by atoms with Crippen molar-refractivity contribution in [3.8, 4) is 5.75 Å². The summed E-state index contributed by atoms with van der Waals surface area (Å²) in [4.78, 5) is 27.3. The number of hydrogen-bond acceptors (Lipinski definition) is 6. The lowest BCUT2D eigenvalue weighted by Gasteiger charge is -2.34. The van der Waals surface area contributed by atoms with E-state index in [2.05, 4.69) is 26.3 Å². The molecule has 7 heteroatoms. The van der Waals surface area contributed by atoms with Crippen LogP contribution in [-0.2, 0) is 0 Å². The highest BCUT2D eigenvalue weighted by Crippen LogP contribution is 2.24. The van der Waals surface area contributed by atoms with Gasteiger partial charge >= 0.3 is 0 Å². The van der Waals surface area contributed by atoms with Crippen molar-refractivity contribution in [1.82, 2.24) is 20.3 Å². The number of methoxy groups -OCH3 is 1. The third-order valence-corrected chi connectivity index (χ3v) is 4.76. The van der Waals surface area contributed by atoms with Gasteiger partial charge in [0.1, 0.15) is 17.3 Å². The number of aromatic nitrogens is 3. The molecule has 0 spiro atoms. The van der Waals surface area contributed by atoms with Crippen LogP contribution in [0, 0.1) is 0 Å². The SMILES string of the molecule is COc1ccc2nc(N3CCCC(NC(=O)c4cnccn4)C3)ccc2c1. The van der Waals surface area contributed by atoms with Crippen molar-refractivity contribution < 1.29 is 9.53 Å². The van der Waals surface area contributed by atoms with Gasteiger partial charge in [-0.25, -0.2) is 9.97 Å². The van der Waals surface area contributed by atoms with E-state index in [9.17, 15) is 4.79 Å². The molecule has 0 radical (unpaired) electrons. The van der Waals surface area contributed by atoms with Crippen molar-refractivity contribution >= 4 is 22.6 Å². The molecule has 1 aliphatic heterocycles. The summed E-state index contributed by atoms with van der Waals surface area (Å²) in [6, 6.07) is 10.00. The second-order valence-electron chi connectivity index (χ2n) is 6.58. The normalized spacial score (nSPS) is 16.9. The fourth-order valence-electron chi connectivity index (χ4n) is 3.37. The van der Waals surface area contributed by atoms with Crippen LogP contribution in [0.4, 0.5) is 5.82 Å². The van der Waals surface area contributed by atoms with Gasteiger partial charge in [0.25, 0.3) is 5.91 Å². The average Bonchev–Trinajstić information content (AvgIpc) is 2.73. The Bertz CT molecular complexity index is 948. The third-order valence-electron chi connectivity index (χ3n) is 4.76. The maximum Gasteiger partial charge on any atom is 0.271 e. The lowest BCUT2D eigenvalue weighted by Crippen LogP contribution is -2.48. The summed E-state index contributed by atoms with van der Waals surface area (Å²) in [7, 11) is 1.66. The number of ether oxygens (including phenoxy) is 1. The lowest BCUT2D eigenvalue weighted by molar-refractivity contribution is 0.0927. The van der Waals surface area contributed by atoms with Crippen LogP contribution in [-0.4, -0.2) is 47.1 Å². The third kappa shape index (κ3) is 3.81. The molecule has 0 aliphatic carbocycles. The van der Waals surface area contributed by atoms with Gasteiger partial charge in [0.2, 0.25) is 0 Å². The molecule has 1 amide bonds. The predicted molar refractivity (Wildman–Crippen MR) is 103 cm³/mol. The summed E-state index contributed by atoms with van der Waals surface area (Å²) in [5.74, 6) is 1.56. The Hall–Kier alpha value is -3.22. The second kappa shape index (κ2) is 7.57. The molecule has 4 rings (SSSR count). The zero-order valence-electron chi connectivity index (χ0n) is 15.1. The van der Waals surface area contributed by atoms with Gasteiger partial charge in [0.15, 0.2) is 0 Å². The number of benzene rings is 1. The Morgan fingerprint density at radius 2 is 2.19 bits per heavy atom. The molecule has 1 unspecified atom stereocenters. The van der Waals surface area contributed by atoms with E-state index in [1.165, 1.54) is 12.4 Å². The molecule has 138 valence electrons. The Morgan fingerprint density at radius 3 is 3.00 bits per heavy atom. The minimum Gasteiger partial charge on any atom is -0.497 e. The molecule has 27 heavy (non-hydrogen) atoms. The van der Waals surface area contributed by atoms with Gasteiger partial charge in [-0.05, 0) is 43.2 Å². The number of anilines is 1. The first kappa shape index (κ1) is 17.2. The van der Waals surface area contributed by atoms with Crippen molar-refractivity contribution in [2.75, 3.05) is 25.1 Å². The monoisotopic (exact) mass is 363 g/mol. The van der Waals surface area contributed by atoms with Crippen LogP contribution in [0.25, 0.3) is 10.9 Å². The highest BCUT2D eigenvalue weighted by Gasteiger charge is 2.23. The van der Waals surface area contributed by atoms with Crippen molar-refractivity contribution in [1.29, 1.82) is 0 Å². The van der Waals surface area contributed by atoms with Crippen LogP contribution < -0.4 is 15.0 Å². The van der Waals surface area contributed by atoms with Gasteiger partial charge in [-0.2, -0.15) is 0 Å². The van der Waals surface area contributed by atoms with Gasteiger partial charge in [0, 0.05) is 36.9 Å². The summed E-state index contributed by atoms with van der Waals surface area (Å²) in [5, 5.41) is 4.10. The number of nitrogens with zero attached hydrogens (tertiary/aromatic N) is 4. The van der Waals surface area contributed by atoms with Gasteiger partial charge in [0.05, 0.1) is 18.8 Å². The van der Waals surface area contributed by atoms with Crippen LogP contribution >= 0.6 is 0 Å². The number of pyridine rings is 1. The smallest absolute Gasteiger partial charge is 0.271 e. The molecule has 1 fully saturated rings. The Morgan fingerprint density at radius 1 is 1.26 bits per heavy atom. The lowest BCUT2D eigenvalue weighted by atomic mass is 10.1. The number of fused-ring (bicyclic) bond motifs is 1. The number of rotatable bonds is 4. The van der Waals surface area contributed by atoms with E-state index in [1.807, 2.05) is 24.3 Å². The number of amides is 1. The second-order valence-corrected chi connectivity index (χ2v) is 6.58. The number of carbonyl (C=O) groups is 1. The molecular weight excluding hydrogens is 342 g/mol. The quantitative estimate of drug-likeness (QED) is 0.767. The van der Waals surface area contributed by atoms with Gasteiger partial charge in [-0.1, -0.05) is 0 Å². The first-order chi connectivity index (χ1) is 13.2. The fourth-order valence-corrected chi connectivity index (χ4v) is 3.37. The summed E-state index contributed by atoms with van der Waals surface area (Å²) in [6.07, 6.45) is 6.49. The van der Waals surface area contributed by atoms with E-state index in [4.69, 9.17) is 9.72 Å². The number of carbonyl (C=O) groups excluding carboxylic acids is 1. The maximum absolute atomic E-state index is 12.3. The van der Waals surface area contributed by atoms with E-state index in [1.54, 1.807) is 13.3 Å². The van der Waals surface area contributed by atoms with Crippen LogP contribution in [0.3, 0.4) is 0 Å².